The van der Waals surface area contributed by atoms with Crippen LogP contribution in [0, 0.1) is 11.6 Å². The minimum absolute atomic E-state index is 0.00830. The molecule has 0 saturated carbocycles. The summed E-state index contributed by atoms with van der Waals surface area (Å²) in [6, 6.07) is 1.74. The molecule has 0 bridgehead atoms. The first-order valence-electron chi connectivity index (χ1n) is 4.07. The summed E-state index contributed by atoms with van der Waals surface area (Å²) >= 11 is 5.59. The van der Waals surface area contributed by atoms with Gasteiger partial charge in [0, 0.05) is 12.6 Å². The highest BCUT2D eigenvalue weighted by atomic mass is 35.5. The van der Waals surface area contributed by atoms with E-state index in [0.717, 1.165) is 12.1 Å². The molecule has 0 radical (unpaired) electrons. The molecular formula is C9H10ClF2NO. The van der Waals surface area contributed by atoms with E-state index in [9.17, 15) is 8.78 Å². The van der Waals surface area contributed by atoms with E-state index in [1.54, 1.807) is 6.92 Å². The van der Waals surface area contributed by atoms with Crippen LogP contribution in [0.4, 0.5) is 14.5 Å². The van der Waals surface area contributed by atoms with Gasteiger partial charge in [0.05, 0.1) is 16.8 Å². The summed E-state index contributed by atoms with van der Waals surface area (Å²) in [6.45, 7) is 1.70. The van der Waals surface area contributed by atoms with Gasteiger partial charge in [-0.25, -0.2) is 8.78 Å². The zero-order chi connectivity index (χ0) is 10.7. The third kappa shape index (κ3) is 2.82. The summed E-state index contributed by atoms with van der Waals surface area (Å²) in [5, 5.41) is 11.5. The summed E-state index contributed by atoms with van der Waals surface area (Å²) < 4.78 is 25.7. The molecule has 2 nitrogen and oxygen atoms in total. The molecule has 1 aromatic carbocycles. The molecular weight excluding hydrogens is 212 g/mol. The van der Waals surface area contributed by atoms with Gasteiger partial charge in [-0.05, 0) is 13.0 Å². The first kappa shape index (κ1) is 11.2. The van der Waals surface area contributed by atoms with Crippen molar-refractivity contribution < 1.29 is 13.9 Å². The Morgan fingerprint density at radius 2 is 2.14 bits per heavy atom. The average Bonchev–Trinajstić information content (AvgIpc) is 2.01. The van der Waals surface area contributed by atoms with Crippen molar-refractivity contribution >= 4 is 17.3 Å². The predicted octanol–water partition coefficient (Wildman–Crippen LogP) is 2.41. The van der Waals surface area contributed by atoms with Crippen LogP contribution < -0.4 is 5.32 Å². The molecule has 0 amide bonds. The van der Waals surface area contributed by atoms with Crippen molar-refractivity contribution in [3.63, 3.8) is 0 Å². The highest BCUT2D eigenvalue weighted by Gasteiger charge is 2.09. The lowest BCUT2D eigenvalue weighted by Gasteiger charge is -2.10. The third-order valence-corrected chi connectivity index (χ3v) is 1.88. The van der Waals surface area contributed by atoms with Crippen LogP contribution in [0.15, 0.2) is 12.1 Å². The van der Waals surface area contributed by atoms with E-state index in [1.807, 2.05) is 0 Å². The van der Waals surface area contributed by atoms with Crippen molar-refractivity contribution in [2.45, 2.75) is 13.0 Å². The fourth-order valence-corrected chi connectivity index (χ4v) is 1.22. The Morgan fingerprint density at radius 1 is 1.50 bits per heavy atom. The smallest absolute Gasteiger partial charge is 0.150 e. The van der Waals surface area contributed by atoms with E-state index in [2.05, 4.69) is 5.32 Å². The molecule has 0 aliphatic heterocycles. The summed E-state index contributed by atoms with van der Waals surface area (Å²) in [7, 11) is 0. The summed E-state index contributed by atoms with van der Waals surface area (Å²) in [6.07, 6.45) is -0.629. The van der Waals surface area contributed by atoms with Gasteiger partial charge >= 0.3 is 0 Å². The monoisotopic (exact) mass is 221 g/mol. The first-order valence-corrected chi connectivity index (χ1v) is 4.45. The van der Waals surface area contributed by atoms with Crippen molar-refractivity contribution in [2.24, 2.45) is 0 Å². The summed E-state index contributed by atoms with van der Waals surface area (Å²) in [5.41, 5.74) is 0.00830. The number of hydrogen-bond acceptors (Lipinski definition) is 2. The highest BCUT2D eigenvalue weighted by molar-refractivity contribution is 6.33. The molecule has 14 heavy (non-hydrogen) atoms. The van der Waals surface area contributed by atoms with Crippen LogP contribution in [0.25, 0.3) is 0 Å². The van der Waals surface area contributed by atoms with Gasteiger partial charge in [-0.3, -0.25) is 0 Å². The van der Waals surface area contributed by atoms with Crippen molar-refractivity contribution in [1.82, 2.24) is 0 Å². The van der Waals surface area contributed by atoms with Crippen LogP contribution in [0.5, 0.6) is 0 Å². The minimum atomic E-state index is -0.768. The molecule has 1 atom stereocenters. The number of aliphatic hydroxyl groups excluding tert-OH is 1. The van der Waals surface area contributed by atoms with Crippen LogP contribution in [0.2, 0.25) is 5.02 Å². The van der Waals surface area contributed by atoms with Crippen LogP contribution in [0.3, 0.4) is 0 Å². The molecule has 0 aromatic heterocycles. The largest absolute Gasteiger partial charge is 0.392 e. The summed E-state index contributed by atoms with van der Waals surface area (Å²) in [4.78, 5) is 0. The second kappa shape index (κ2) is 4.57. The average molecular weight is 222 g/mol. The summed E-state index contributed by atoms with van der Waals surface area (Å²) in [5.74, 6) is -1.49. The fraction of sp³-hybridized carbons (Fsp3) is 0.333. The Balaban J connectivity index is 2.86. The van der Waals surface area contributed by atoms with E-state index in [-0.39, 0.29) is 17.3 Å². The number of hydrogen-bond donors (Lipinski definition) is 2. The molecule has 5 heteroatoms. The molecule has 0 aliphatic carbocycles. The Kier molecular flexibility index (Phi) is 3.66. The number of rotatable bonds is 3. The predicted molar refractivity (Wildman–Crippen MR) is 51.5 cm³/mol. The molecule has 0 fully saturated rings. The topological polar surface area (TPSA) is 32.3 Å². The van der Waals surface area contributed by atoms with Crippen molar-refractivity contribution in [2.75, 3.05) is 11.9 Å². The molecule has 78 valence electrons. The third-order valence-electron chi connectivity index (χ3n) is 1.58. The van der Waals surface area contributed by atoms with Crippen LogP contribution in [-0.4, -0.2) is 17.8 Å². The Bertz CT molecular complexity index is 308. The number of halogens is 3. The maximum Gasteiger partial charge on any atom is 0.150 e. The van der Waals surface area contributed by atoms with Crippen molar-refractivity contribution in [3.05, 3.63) is 28.8 Å². The molecule has 0 saturated heterocycles. The standard InChI is InChI=1S/C9H10ClF2NO/c1-5(14)4-13-9-7(10)2-6(11)3-8(9)12/h2-3,5,13-14H,4H2,1H3/t5-/m0/s1. The van der Waals surface area contributed by atoms with Gasteiger partial charge in [-0.2, -0.15) is 0 Å². The van der Waals surface area contributed by atoms with Gasteiger partial charge in [0.15, 0.2) is 5.82 Å². The molecule has 2 N–H and O–H groups in total. The Morgan fingerprint density at radius 3 is 2.64 bits per heavy atom. The van der Waals surface area contributed by atoms with E-state index in [1.165, 1.54) is 0 Å². The zero-order valence-electron chi connectivity index (χ0n) is 7.52. The van der Waals surface area contributed by atoms with Gasteiger partial charge in [-0.1, -0.05) is 11.6 Å². The lowest BCUT2D eigenvalue weighted by atomic mass is 10.3. The molecule has 1 rings (SSSR count). The molecule has 1 aromatic rings. The van der Waals surface area contributed by atoms with Gasteiger partial charge in [-0.15, -0.1) is 0 Å². The molecule has 0 aliphatic rings. The maximum absolute atomic E-state index is 13.1. The Hall–Kier alpha value is -0.870. The number of nitrogens with one attached hydrogen (secondary N) is 1. The van der Waals surface area contributed by atoms with E-state index in [4.69, 9.17) is 16.7 Å². The van der Waals surface area contributed by atoms with Crippen molar-refractivity contribution in [1.29, 1.82) is 0 Å². The minimum Gasteiger partial charge on any atom is -0.392 e. The maximum atomic E-state index is 13.1. The van der Waals surface area contributed by atoms with E-state index >= 15 is 0 Å². The van der Waals surface area contributed by atoms with Crippen molar-refractivity contribution in [3.8, 4) is 0 Å². The van der Waals surface area contributed by atoms with Gasteiger partial charge in [0.2, 0.25) is 0 Å². The van der Waals surface area contributed by atoms with Crippen LogP contribution in [0.1, 0.15) is 6.92 Å². The molecule has 0 heterocycles. The SMILES string of the molecule is C[C@H](O)CNc1c(F)cc(F)cc1Cl. The lowest BCUT2D eigenvalue weighted by Crippen LogP contribution is -2.16. The van der Waals surface area contributed by atoms with Gasteiger partial charge in [0.25, 0.3) is 0 Å². The molecule has 0 unspecified atom stereocenters. The van der Waals surface area contributed by atoms with Gasteiger partial charge in [0.1, 0.15) is 5.82 Å². The normalized spacial score (nSPS) is 12.6. The second-order valence-electron chi connectivity index (χ2n) is 2.97. The van der Waals surface area contributed by atoms with E-state index < -0.39 is 17.7 Å². The molecule has 0 spiro atoms. The van der Waals surface area contributed by atoms with Gasteiger partial charge < -0.3 is 10.4 Å². The Labute approximate surface area is 85.5 Å². The quantitative estimate of drug-likeness (QED) is 0.822. The number of aliphatic hydroxyl groups is 1. The first-order chi connectivity index (χ1) is 6.50. The highest BCUT2D eigenvalue weighted by Crippen LogP contribution is 2.26. The number of anilines is 1. The van der Waals surface area contributed by atoms with E-state index in [0.29, 0.717) is 0 Å². The fourth-order valence-electron chi connectivity index (χ4n) is 0.961. The second-order valence-corrected chi connectivity index (χ2v) is 3.38. The van der Waals surface area contributed by atoms with Crippen LogP contribution >= 0.6 is 11.6 Å². The van der Waals surface area contributed by atoms with Crippen LogP contribution in [-0.2, 0) is 0 Å². The lowest BCUT2D eigenvalue weighted by molar-refractivity contribution is 0.208. The zero-order valence-corrected chi connectivity index (χ0v) is 8.28. The number of benzene rings is 1.